The van der Waals surface area contributed by atoms with Crippen LogP contribution in [0, 0.1) is 0 Å². The number of rotatable bonds is 4. The number of nitrogens with zero attached hydrogens (tertiary/aromatic N) is 1. The molecule has 0 aromatic heterocycles. The highest BCUT2D eigenvalue weighted by molar-refractivity contribution is 6.04. The number of para-hydroxylation sites is 1. The molecule has 2 N–H and O–H groups in total. The molecular formula is C19H28ClN3O3. The van der Waals surface area contributed by atoms with Gasteiger partial charge in [0.05, 0.1) is 17.9 Å². The van der Waals surface area contributed by atoms with Crippen molar-refractivity contribution in [3.05, 3.63) is 29.8 Å². The van der Waals surface area contributed by atoms with E-state index in [1.165, 1.54) is 19.3 Å². The summed E-state index contributed by atoms with van der Waals surface area (Å²) in [5.74, 6) is -0.252. The van der Waals surface area contributed by atoms with Gasteiger partial charge in [-0.25, -0.2) is 0 Å². The van der Waals surface area contributed by atoms with Crippen molar-refractivity contribution >= 4 is 29.9 Å². The third-order valence-electron chi connectivity index (χ3n) is 5.08. The molecule has 0 spiro atoms. The predicted molar refractivity (Wildman–Crippen MR) is 104 cm³/mol. The lowest BCUT2D eigenvalue weighted by Gasteiger charge is -2.31. The maximum Gasteiger partial charge on any atom is 0.255 e. The third-order valence-corrected chi connectivity index (χ3v) is 5.08. The highest BCUT2D eigenvalue weighted by Gasteiger charge is 2.26. The zero-order valence-electron chi connectivity index (χ0n) is 15.2. The van der Waals surface area contributed by atoms with E-state index in [4.69, 9.17) is 4.74 Å². The summed E-state index contributed by atoms with van der Waals surface area (Å²) < 4.78 is 5.49. The lowest BCUT2D eigenvalue weighted by Crippen LogP contribution is -2.45. The molecule has 7 heteroatoms. The molecule has 1 aliphatic carbocycles. The van der Waals surface area contributed by atoms with Gasteiger partial charge >= 0.3 is 0 Å². The lowest BCUT2D eigenvalue weighted by molar-refractivity contribution is -0.128. The summed E-state index contributed by atoms with van der Waals surface area (Å²) in [6.45, 7) is 1.76. The van der Waals surface area contributed by atoms with Crippen LogP contribution in [-0.4, -0.2) is 55.6 Å². The van der Waals surface area contributed by atoms with Crippen molar-refractivity contribution in [1.29, 1.82) is 0 Å². The van der Waals surface area contributed by atoms with Crippen LogP contribution in [0.25, 0.3) is 0 Å². The Morgan fingerprint density at radius 2 is 1.92 bits per heavy atom. The molecular weight excluding hydrogens is 354 g/mol. The van der Waals surface area contributed by atoms with E-state index in [0.717, 1.165) is 19.4 Å². The molecule has 1 aromatic rings. The Bertz CT molecular complexity index is 614. The summed E-state index contributed by atoms with van der Waals surface area (Å²) in [4.78, 5) is 27.2. The van der Waals surface area contributed by atoms with Gasteiger partial charge in [0.1, 0.15) is 6.10 Å². The SMILES string of the molecule is CN(C(=O)c1ccccc1NC(=O)[C@H]1CNCCO1)C1CCCCC1.Cl. The normalized spacial score (nSPS) is 20.7. The van der Waals surface area contributed by atoms with Crippen LogP contribution < -0.4 is 10.6 Å². The van der Waals surface area contributed by atoms with E-state index in [1.54, 1.807) is 12.1 Å². The molecule has 0 radical (unpaired) electrons. The molecule has 1 saturated heterocycles. The van der Waals surface area contributed by atoms with Crippen molar-refractivity contribution in [2.45, 2.75) is 44.2 Å². The number of halogens is 1. The average molecular weight is 382 g/mol. The summed E-state index contributed by atoms with van der Waals surface area (Å²) in [5.41, 5.74) is 1.09. The van der Waals surface area contributed by atoms with Crippen LogP contribution in [0.5, 0.6) is 0 Å². The van der Waals surface area contributed by atoms with Crippen LogP contribution >= 0.6 is 12.4 Å². The zero-order chi connectivity index (χ0) is 17.6. The summed E-state index contributed by atoms with van der Waals surface area (Å²) in [5, 5.41) is 6.01. The molecule has 144 valence electrons. The Balaban J connectivity index is 0.00000243. The second-order valence-corrected chi connectivity index (χ2v) is 6.81. The second kappa shape index (κ2) is 9.90. The van der Waals surface area contributed by atoms with Crippen molar-refractivity contribution < 1.29 is 14.3 Å². The van der Waals surface area contributed by atoms with Crippen molar-refractivity contribution in [2.24, 2.45) is 0 Å². The molecule has 2 aliphatic rings. The molecule has 26 heavy (non-hydrogen) atoms. The fraction of sp³-hybridized carbons (Fsp3) is 0.579. The number of nitrogens with one attached hydrogen (secondary N) is 2. The Kier molecular flexibility index (Phi) is 7.87. The molecule has 3 rings (SSSR count). The topological polar surface area (TPSA) is 70.7 Å². The number of amides is 2. The monoisotopic (exact) mass is 381 g/mol. The number of hydrogen-bond donors (Lipinski definition) is 2. The van der Waals surface area contributed by atoms with Crippen molar-refractivity contribution in [1.82, 2.24) is 10.2 Å². The molecule has 0 unspecified atom stereocenters. The van der Waals surface area contributed by atoms with Gasteiger partial charge in [-0.05, 0) is 25.0 Å². The fourth-order valence-electron chi connectivity index (χ4n) is 3.55. The number of carbonyl (C=O) groups is 2. The molecule has 1 aromatic carbocycles. The first-order chi connectivity index (χ1) is 12.2. The molecule has 2 amide bonds. The first-order valence-corrected chi connectivity index (χ1v) is 9.16. The summed E-state index contributed by atoms with van der Waals surface area (Å²) in [6.07, 6.45) is 5.18. The van der Waals surface area contributed by atoms with Crippen LogP contribution in [0.15, 0.2) is 24.3 Å². The standard InChI is InChI=1S/C19H27N3O3.ClH/c1-22(14-7-3-2-4-8-14)19(24)15-9-5-6-10-16(15)21-18(23)17-13-20-11-12-25-17;/h5-6,9-10,14,17,20H,2-4,7-8,11-13H2,1H3,(H,21,23);1H/t17-;/m1./s1. The molecule has 2 fully saturated rings. The summed E-state index contributed by atoms with van der Waals surface area (Å²) >= 11 is 0. The van der Waals surface area contributed by atoms with Crippen LogP contribution in [0.2, 0.25) is 0 Å². The minimum absolute atomic E-state index is 0. The smallest absolute Gasteiger partial charge is 0.255 e. The highest BCUT2D eigenvalue weighted by atomic mass is 35.5. The van der Waals surface area contributed by atoms with E-state index in [1.807, 2.05) is 24.1 Å². The molecule has 1 aliphatic heterocycles. The minimum Gasteiger partial charge on any atom is -0.366 e. The van der Waals surface area contributed by atoms with E-state index in [-0.39, 0.29) is 30.3 Å². The van der Waals surface area contributed by atoms with Gasteiger partial charge in [0.2, 0.25) is 0 Å². The van der Waals surface area contributed by atoms with E-state index in [0.29, 0.717) is 24.4 Å². The number of benzene rings is 1. The summed E-state index contributed by atoms with van der Waals surface area (Å²) in [6, 6.07) is 7.49. The van der Waals surface area contributed by atoms with Crippen molar-refractivity contribution in [2.75, 3.05) is 32.1 Å². The Labute approximate surface area is 161 Å². The molecule has 1 atom stereocenters. The molecule has 0 bridgehead atoms. The summed E-state index contributed by atoms with van der Waals surface area (Å²) in [7, 11) is 1.87. The van der Waals surface area contributed by atoms with Gasteiger partial charge in [0, 0.05) is 26.2 Å². The molecule has 6 nitrogen and oxygen atoms in total. The van der Waals surface area contributed by atoms with E-state index >= 15 is 0 Å². The van der Waals surface area contributed by atoms with Crippen LogP contribution in [0.3, 0.4) is 0 Å². The van der Waals surface area contributed by atoms with Crippen LogP contribution in [-0.2, 0) is 9.53 Å². The number of ether oxygens (including phenoxy) is 1. The maximum atomic E-state index is 13.0. The lowest BCUT2D eigenvalue weighted by atomic mass is 9.94. The Morgan fingerprint density at radius 1 is 1.19 bits per heavy atom. The Hall–Kier alpha value is -1.63. The number of morpholine rings is 1. The van der Waals surface area contributed by atoms with Gasteiger partial charge < -0.3 is 20.3 Å². The zero-order valence-corrected chi connectivity index (χ0v) is 16.0. The van der Waals surface area contributed by atoms with E-state index in [9.17, 15) is 9.59 Å². The van der Waals surface area contributed by atoms with Gasteiger partial charge in [-0.2, -0.15) is 0 Å². The largest absolute Gasteiger partial charge is 0.366 e. The number of carbonyl (C=O) groups excluding carboxylic acids is 2. The van der Waals surface area contributed by atoms with Gasteiger partial charge in [-0.3, -0.25) is 9.59 Å². The van der Waals surface area contributed by atoms with Crippen molar-refractivity contribution in [3.63, 3.8) is 0 Å². The maximum absolute atomic E-state index is 13.0. The molecule has 1 saturated carbocycles. The highest BCUT2D eigenvalue weighted by Crippen LogP contribution is 2.25. The van der Waals surface area contributed by atoms with Crippen LogP contribution in [0.1, 0.15) is 42.5 Å². The third kappa shape index (κ3) is 4.96. The minimum atomic E-state index is -0.520. The first-order valence-electron chi connectivity index (χ1n) is 9.16. The van der Waals surface area contributed by atoms with Gasteiger partial charge in [-0.1, -0.05) is 31.4 Å². The fourth-order valence-corrected chi connectivity index (χ4v) is 3.55. The number of hydrogen-bond acceptors (Lipinski definition) is 4. The van der Waals surface area contributed by atoms with Crippen LogP contribution in [0.4, 0.5) is 5.69 Å². The first kappa shape index (κ1) is 20.7. The Morgan fingerprint density at radius 3 is 2.62 bits per heavy atom. The van der Waals surface area contributed by atoms with Gasteiger partial charge in [0.25, 0.3) is 11.8 Å². The van der Waals surface area contributed by atoms with Gasteiger partial charge in [-0.15, -0.1) is 12.4 Å². The van der Waals surface area contributed by atoms with E-state index < -0.39 is 6.10 Å². The van der Waals surface area contributed by atoms with Gasteiger partial charge in [0.15, 0.2) is 0 Å². The average Bonchev–Trinajstić information content (AvgIpc) is 2.68. The predicted octanol–water partition coefficient (Wildman–Crippen LogP) is 2.44. The molecule has 1 heterocycles. The van der Waals surface area contributed by atoms with E-state index in [2.05, 4.69) is 10.6 Å². The second-order valence-electron chi connectivity index (χ2n) is 6.81. The van der Waals surface area contributed by atoms with Crippen molar-refractivity contribution in [3.8, 4) is 0 Å². The number of anilines is 1. The quantitative estimate of drug-likeness (QED) is 0.840.